The fourth-order valence-electron chi connectivity index (χ4n) is 2.93. The number of carboxylic acids is 1. The number of H-pyrrole nitrogens is 1. The van der Waals surface area contributed by atoms with E-state index in [2.05, 4.69) is 10.3 Å². The minimum absolute atomic E-state index is 0. The van der Waals surface area contributed by atoms with E-state index in [0.29, 0.717) is 0 Å². The van der Waals surface area contributed by atoms with Crippen molar-refractivity contribution in [3.8, 4) is 0 Å². The SMILES string of the molecule is CC1(C)S[C@@H]2[C@H](NC(=O)C(=O)c3ccc[nH]3)C(=O)N2[C@H]1C(=O)[O-].[K+]. The number of rotatable bonds is 4. The number of ketones is 1. The molecular formula is C14H14KN3O5S. The molecule has 2 aliphatic heterocycles. The third-order valence-electron chi connectivity index (χ3n) is 4.00. The number of aromatic amines is 1. The molecule has 2 saturated heterocycles. The van der Waals surface area contributed by atoms with Crippen molar-refractivity contribution in [1.82, 2.24) is 15.2 Å². The number of aliphatic carboxylic acids is 1. The van der Waals surface area contributed by atoms with Crippen LogP contribution >= 0.6 is 11.8 Å². The Morgan fingerprint density at radius 3 is 2.58 bits per heavy atom. The van der Waals surface area contributed by atoms with Crippen LogP contribution in [0.25, 0.3) is 0 Å². The van der Waals surface area contributed by atoms with Gasteiger partial charge in [-0.1, -0.05) is 0 Å². The normalized spacial score (nSPS) is 26.8. The molecule has 1 aromatic heterocycles. The van der Waals surface area contributed by atoms with Crippen LogP contribution in [-0.2, 0) is 14.4 Å². The van der Waals surface area contributed by atoms with Crippen molar-refractivity contribution in [2.75, 3.05) is 0 Å². The van der Waals surface area contributed by atoms with Gasteiger partial charge in [0.2, 0.25) is 5.91 Å². The van der Waals surface area contributed by atoms with E-state index < -0.39 is 45.8 Å². The van der Waals surface area contributed by atoms with E-state index >= 15 is 0 Å². The van der Waals surface area contributed by atoms with Crippen LogP contribution in [0.2, 0.25) is 0 Å². The molecule has 2 N–H and O–H groups in total. The number of nitrogens with zero attached hydrogens (tertiary/aromatic N) is 1. The van der Waals surface area contributed by atoms with Crippen molar-refractivity contribution >= 4 is 35.3 Å². The summed E-state index contributed by atoms with van der Waals surface area (Å²) >= 11 is 1.27. The molecule has 10 heteroatoms. The molecule has 2 amide bonds. The van der Waals surface area contributed by atoms with E-state index in [-0.39, 0.29) is 57.1 Å². The van der Waals surface area contributed by atoms with E-state index in [4.69, 9.17) is 0 Å². The van der Waals surface area contributed by atoms with Gasteiger partial charge in [0.05, 0.1) is 17.7 Å². The number of fused-ring (bicyclic) bond motifs is 1. The molecule has 0 aliphatic carbocycles. The predicted molar refractivity (Wildman–Crippen MR) is 78.2 cm³/mol. The number of nitrogens with one attached hydrogen (secondary N) is 2. The first kappa shape index (κ1) is 19.7. The quantitative estimate of drug-likeness (QED) is 0.237. The largest absolute Gasteiger partial charge is 1.00 e. The van der Waals surface area contributed by atoms with Crippen molar-refractivity contribution in [3.05, 3.63) is 24.0 Å². The molecule has 24 heavy (non-hydrogen) atoms. The van der Waals surface area contributed by atoms with Gasteiger partial charge in [-0.2, -0.15) is 0 Å². The minimum atomic E-state index is -1.33. The number of carbonyl (C=O) groups is 4. The molecule has 3 heterocycles. The summed E-state index contributed by atoms with van der Waals surface area (Å²) in [6.07, 6.45) is 1.51. The maximum absolute atomic E-state index is 12.2. The van der Waals surface area contributed by atoms with Gasteiger partial charge >= 0.3 is 51.4 Å². The van der Waals surface area contributed by atoms with E-state index in [1.165, 1.54) is 28.9 Å². The standard InChI is InChI=1S/C14H15N3O5S.K/c1-14(2)9(13(21)22)17-11(20)7(12(17)23-14)16-10(19)8(18)6-4-3-5-15-6;/h3-5,7,9,12,15H,1-2H3,(H,16,19)(H,21,22);/q;+1/p-1/t7-,9+,12-;/m1./s1. The summed E-state index contributed by atoms with van der Waals surface area (Å²) in [6, 6.07) is 1.07. The molecular weight excluding hydrogens is 361 g/mol. The van der Waals surface area contributed by atoms with Crippen LogP contribution < -0.4 is 61.8 Å². The second-order valence-corrected chi connectivity index (χ2v) is 7.71. The maximum Gasteiger partial charge on any atom is 1.00 e. The first-order chi connectivity index (χ1) is 10.7. The smallest absolute Gasteiger partial charge is 0.548 e. The predicted octanol–water partition coefficient (Wildman–Crippen LogP) is -4.50. The van der Waals surface area contributed by atoms with Gasteiger partial charge in [-0.3, -0.25) is 14.4 Å². The molecule has 0 radical (unpaired) electrons. The zero-order chi connectivity index (χ0) is 16.9. The van der Waals surface area contributed by atoms with Crippen LogP contribution in [0.3, 0.4) is 0 Å². The molecule has 2 aliphatic rings. The first-order valence-corrected chi connectivity index (χ1v) is 7.81. The van der Waals surface area contributed by atoms with Crippen molar-refractivity contribution in [3.63, 3.8) is 0 Å². The Labute approximate surface area is 184 Å². The summed E-state index contributed by atoms with van der Waals surface area (Å²) in [5, 5.41) is 13.2. The zero-order valence-electron chi connectivity index (χ0n) is 13.4. The van der Waals surface area contributed by atoms with Gasteiger partial charge in [-0.05, 0) is 26.0 Å². The molecule has 0 spiro atoms. The summed E-state index contributed by atoms with van der Waals surface area (Å²) in [5.41, 5.74) is 0.123. The van der Waals surface area contributed by atoms with Crippen molar-refractivity contribution in [2.24, 2.45) is 0 Å². The van der Waals surface area contributed by atoms with Gasteiger partial charge < -0.3 is 25.1 Å². The molecule has 122 valence electrons. The maximum atomic E-state index is 12.2. The number of hydrogen-bond donors (Lipinski definition) is 2. The van der Waals surface area contributed by atoms with Gasteiger partial charge in [0.25, 0.3) is 11.7 Å². The topological polar surface area (TPSA) is 122 Å². The van der Waals surface area contributed by atoms with E-state index in [1.807, 2.05) is 0 Å². The Morgan fingerprint density at radius 1 is 1.38 bits per heavy atom. The van der Waals surface area contributed by atoms with Gasteiger partial charge in [0, 0.05) is 10.9 Å². The van der Waals surface area contributed by atoms with Crippen LogP contribution in [0.1, 0.15) is 24.3 Å². The van der Waals surface area contributed by atoms with Crippen LogP contribution in [0.15, 0.2) is 18.3 Å². The van der Waals surface area contributed by atoms with Crippen molar-refractivity contribution < 1.29 is 75.7 Å². The third-order valence-corrected chi connectivity index (χ3v) is 5.57. The van der Waals surface area contributed by atoms with E-state index in [0.717, 1.165) is 0 Å². The van der Waals surface area contributed by atoms with Crippen LogP contribution in [-0.4, -0.2) is 55.7 Å². The van der Waals surface area contributed by atoms with E-state index in [9.17, 15) is 24.3 Å². The Bertz CT molecular complexity index is 705. The average Bonchev–Trinajstić information content (AvgIpc) is 3.08. The molecule has 3 atom stereocenters. The number of Topliss-reactive ketones (excluding diaryl/α,β-unsaturated/α-hetero) is 1. The summed E-state index contributed by atoms with van der Waals surface area (Å²) in [6.45, 7) is 3.40. The molecule has 0 aromatic carbocycles. The summed E-state index contributed by atoms with van der Waals surface area (Å²) in [5.74, 6) is -3.53. The number of hydrogen-bond acceptors (Lipinski definition) is 6. The molecule has 0 bridgehead atoms. The third kappa shape index (κ3) is 3.11. The second kappa shape index (κ2) is 6.92. The molecule has 1 aromatic rings. The zero-order valence-corrected chi connectivity index (χ0v) is 17.3. The summed E-state index contributed by atoms with van der Waals surface area (Å²) in [4.78, 5) is 51.1. The molecule has 2 fully saturated rings. The van der Waals surface area contributed by atoms with Crippen LogP contribution in [0.4, 0.5) is 0 Å². The average molecular weight is 375 g/mol. The Morgan fingerprint density at radius 2 is 2.04 bits per heavy atom. The Hall–Kier alpha value is -0.654. The molecule has 0 unspecified atom stereocenters. The van der Waals surface area contributed by atoms with Gasteiger partial charge in [0.1, 0.15) is 11.4 Å². The number of thioether (sulfide) groups is 1. The van der Waals surface area contributed by atoms with Gasteiger partial charge in [-0.15, -0.1) is 11.8 Å². The summed E-state index contributed by atoms with van der Waals surface area (Å²) in [7, 11) is 0. The fourth-order valence-corrected chi connectivity index (χ4v) is 4.55. The van der Waals surface area contributed by atoms with Gasteiger partial charge in [-0.25, -0.2) is 0 Å². The van der Waals surface area contributed by atoms with Gasteiger partial charge in [0.15, 0.2) is 0 Å². The number of amides is 2. The molecule has 3 rings (SSSR count). The number of carboxylic acid groups (broad SMARTS) is 1. The molecule has 8 nitrogen and oxygen atoms in total. The molecule has 0 saturated carbocycles. The summed E-state index contributed by atoms with van der Waals surface area (Å²) < 4.78 is -0.734. The minimum Gasteiger partial charge on any atom is -0.548 e. The van der Waals surface area contributed by atoms with Crippen molar-refractivity contribution in [2.45, 2.75) is 36.1 Å². The van der Waals surface area contributed by atoms with E-state index in [1.54, 1.807) is 19.9 Å². The fraction of sp³-hybridized carbons (Fsp3) is 0.429. The Balaban J connectivity index is 0.00000208. The number of aromatic nitrogens is 1. The monoisotopic (exact) mass is 375 g/mol. The number of β-lactam (4-membered cyclic amide) rings is 1. The number of carbonyl (C=O) groups excluding carboxylic acids is 4. The first-order valence-electron chi connectivity index (χ1n) is 6.93. The second-order valence-electron chi connectivity index (χ2n) is 5.94. The van der Waals surface area contributed by atoms with Crippen LogP contribution in [0, 0.1) is 0 Å². The van der Waals surface area contributed by atoms with Crippen LogP contribution in [0.5, 0.6) is 0 Å². The Kier molecular flexibility index (Phi) is 5.67. The van der Waals surface area contributed by atoms with Crippen molar-refractivity contribution in [1.29, 1.82) is 0 Å².